The van der Waals surface area contributed by atoms with E-state index in [1.165, 1.54) is 6.42 Å². The lowest BCUT2D eigenvalue weighted by Crippen LogP contribution is -2.55. The highest BCUT2D eigenvalue weighted by Gasteiger charge is 2.39. The molecule has 0 spiro atoms. The first-order valence-corrected chi connectivity index (χ1v) is 8.05. The number of hydrogen-bond donors (Lipinski definition) is 3. The zero-order chi connectivity index (χ0) is 15.5. The molecule has 5 nitrogen and oxygen atoms in total. The Morgan fingerprint density at radius 3 is 2.62 bits per heavy atom. The lowest BCUT2D eigenvalue weighted by Gasteiger charge is -2.37. The summed E-state index contributed by atoms with van der Waals surface area (Å²) in [6, 6.07) is 0. The van der Waals surface area contributed by atoms with E-state index < -0.39 is 24.4 Å². The number of hydrogen-bond acceptors (Lipinski definition) is 5. The predicted molar refractivity (Wildman–Crippen MR) is 81.1 cm³/mol. The molecule has 5 heteroatoms. The van der Waals surface area contributed by atoms with Crippen molar-refractivity contribution in [1.82, 2.24) is 0 Å². The van der Waals surface area contributed by atoms with Crippen molar-refractivity contribution < 1.29 is 24.8 Å². The van der Waals surface area contributed by atoms with Crippen molar-refractivity contribution in [2.24, 2.45) is 0 Å². The molecule has 1 saturated heterocycles. The van der Waals surface area contributed by atoms with Gasteiger partial charge in [-0.3, -0.25) is 0 Å². The summed E-state index contributed by atoms with van der Waals surface area (Å²) in [6.07, 6.45) is 7.82. The first kappa shape index (κ1) is 18.6. The van der Waals surface area contributed by atoms with Crippen LogP contribution in [0.4, 0.5) is 0 Å². The third-order valence-corrected chi connectivity index (χ3v) is 3.71. The lowest BCUT2D eigenvalue weighted by atomic mass is 10.0. The van der Waals surface area contributed by atoms with Gasteiger partial charge in [0.25, 0.3) is 0 Å². The summed E-state index contributed by atoms with van der Waals surface area (Å²) < 4.78 is 10.9. The molecule has 0 aromatic carbocycles. The molecule has 0 unspecified atom stereocenters. The Kier molecular flexibility index (Phi) is 9.87. The van der Waals surface area contributed by atoms with Crippen molar-refractivity contribution in [2.45, 2.75) is 69.9 Å². The molecular formula is C16H30O5. The monoisotopic (exact) mass is 302 g/mol. The Balaban J connectivity index is 2.12. The van der Waals surface area contributed by atoms with E-state index in [9.17, 15) is 15.3 Å². The van der Waals surface area contributed by atoms with E-state index in [2.05, 4.69) is 19.1 Å². The fraction of sp³-hybridized carbons (Fsp3) is 0.875. The van der Waals surface area contributed by atoms with Crippen LogP contribution in [0.5, 0.6) is 0 Å². The van der Waals surface area contributed by atoms with Crippen LogP contribution in [0, 0.1) is 0 Å². The van der Waals surface area contributed by atoms with Crippen molar-refractivity contribution in [2.75, 3.05) is 19.8 Å². The second-order valence-corrected chi connectivity index (χ2v) is 5.56. The quantitative estimate of drug-likeness (QED) is 0.420. The fourth-order valence-corrected chi connectivity index (χ4v) is 2.38. The average Bonchev–Trinajstić information content (AvgIpc) is 2.49. The summed E-state index contributed by atoms with van der Waals surface area (Å²) in [5.74, 6) is 0. The number of unbranched alkanes of at least 4 members (excludes halogenated alkanes) is 4. The Bertz CT molecular complexity index is 280. The van der Waals surface area contributed by atoms with Crippen LogP contribution in [0.2, 0.25) is 0 Å². The zero-order valence-electron chi connectivity index (χ0n) is 13.0. The smallest absolute Gasteiger partial charge is 0.114 e. The summed E-state index contributed by atoms with van der Waals surface area (Å²) in [5, 5.41) is 28.7. The van der Waals surface area contributed by atoms with Gasteiger partial charge in [-0.25, -0.2) is 0 Å². The molecule has 1 rings (SSSR count). The van der Waals surface area contributed by atoms with Crippen molar-refractivity contribution in [3.63, 3.8) is 0 Å². The number of ether oxygens (including phenoxy) is 2. The van der Waals surface area contributed by atoms with Gasteiger partial charge in [-0.15, -0.1) is 0 Å². The molecule has 1 aliphatic rings. The highest BCUT2D eigenvalue weighted by molar-refractivity contribution is 4.87. The van der Waals surface area contributed by atoms with Crippen LogP contribution in [0.15, 0.2) is 12.2 Å². The summed E-state index contributed by atoms with van der Waals surface area (Å²) in [4.78, 5) is 0. The van der Waals surface area contributed by atoms with Gasteiger partial charge in [-0.05, 0) is 25.7 Å². The molecule has 3 N–H and O–H groups in total. The number of aliphatic hydroxyl groups is 3. The Morgan fingerprint density at radius 2 is 1.90 bits per heavy atom. The van der Waals surface area contributed by atoms with E-state index in [-0.39, 0.29) is 13.2 Å². The van der Waals surface area contributed by atoms with Gasteiger partial charge in [0.2, 0.25) is 0 Å². The maximum atomic E-state index is 9.89. The molecule has 0 aliphatic carbocycles. The number of aliphatic hydroxyl groups excluding tert-OH is 3. The van der Waals surface area contributed by atoms with E-state index in [0.29, 0.717) is 6.61 Å². The summed E-state index contributed by atoms with van der Waals surface area (Å²) >= 11 is 0. The van der Waals surface area contributed by atoms with Crippen LogP contribution in [-0.2, 0) is 9.47 Å². The van der Waals surface area contributed by atoms with Crippen molar-refractivity contribution in [3.8, 4) is 0 Å². The van der Waals surface area contributed by atoms with Gasteiger partial charge in [0.05, 0.1) is 13.2 Å². The summed E-state index contributed by atoms with van der Waals surface area (Å²) in [5.41, 5.74) is 0. The van der Waals surface area contributed by atoms with Crippen molar-refractivity contribution >= 4 is 0 Å². The van der Waals surface area contributed by atoms with E-state index in [4.69, 9.17) is 9.47 Å². The first-order chi connectivity index (χ1) is 10.2. The minimum atomic E-state index is -0.993. The van der Waals surface area contributed by atoms with Crippen LogP contribution < -0.4 is 0 Å². The molecule has 1 aliphatic heterocycles. The standard InChI is InChI=1S/C16H30O5/c1-2-3-4-5-6-7-8-9-10-20-16-14(11-17)21-12-13(18)15(16)19/h4-5,13-19H,2-3,6-12H2,1H3/b5-4+/t13-,14+,15+,16+/m0/s1. The van der Waals surface area contributed by atoms with Gasteiger partial charge in [-0.1, -0.05) is 31.9 Å². The Hall–Kier alpha value is -0.460. The van der Waals surface area contributed by atoms with Gasteiger partial charge in [-0.2, -0.15) is 0 Å². The minimum Gasteiger partial charge on any atom is -0.394 e. The highest BCUT2D eigenvalue weighted by Crippen LogP contribution is 2.19. The second-order valence-electron chi connectivity index (χ2n) is 5.56. The maximum Gasteiger partial charge on any atom is 0.114 e. The van der Waals surface area contributed by atoms with Gasteiger partial charge in [0, 0.05) is 6.61 Å². The fourth-order valence-electron chi connectivity index (χ4n) is 2.38. The normalized spacial score (nSPS) is 30.1. The third-order valence-electron chi connectivity index (χ3n) is 3.71. The highest BCUT2D eigenvalue weighted by atomic mass is 16.6. The minimum absolute atomic E-state index is 0.0380. The van der Waals surface area contributed by atoms with Gasteiger partial charge in [0.1, 0.15) is 24.4 Å². The zero-order valence-corrected chi connectivity index (χ0v) is 13.0. The predicted octanol–water partition coefficient (Wildman–Crippen LogP) is 1.40. The average molecular weight is 302 g/mol. The number of rotatable bonds is 10. The summed E-state index contributed by atoms with van der Waals surface area (Å²) in [6.45, 7) is 2.50. The lowest BCUT2D eigenvalue weighted by molar-refractivity contribution is -0.211. The van der Waals surface area contributed by atoms with Crippen LogP contribution in [0.1, 0.15) is 45.4 Å². The molecule has 0 amide bonds. The van der Waals surface area contributed by atoms with E-state index in [1.54, 1.807) is 0 Å². The van der Waals surface area contributed by atoms with E-state index in [1.807, 2.05) is 0 Å². The topological polar surface area (TPSA) is 79.2 Å². The molecule has 1 fully saturated rings. The molecule has 0 radical (unpaired) electrons. The van der Waals surface area contributed by atoms with Gasteiger partial charge < -0.3 is 24.8 Å². The molecular weight excluding hydrogens is 272 g/mol. The van der Waals surface area contributed by atoms with Gasteiger partial charge >= 0.3 is 0 Å². The van der Waals surface area contributed by atoms with Crippen LogP contribution in [0.25, 0.3) is 0 Å². The van der Waals surface area contributed by atoms with Crippen LogP contribution in [0.3, 0.4) is 0 Å². The Labute approximate surface area is 127 Å². The van der Waals surface area contributed by atoms with Crippen LogP contribution >= 0.6 is 0 Å². The van der Waals surface area contributed by atoms with Crippen molar-refractivity contribution in [3.05, 3.63) is 12.2 Å². The number of allylic oxidation sites excluding steroid dienone is 2. The molecule has 21 heavy (non-hydrogen) atoms. The largest absolute Gasteiger partial charge is 0.394 e. The molecule has 1 heterocycles. The van der Waals surface area contributed by atoms with E-state index in [0.717, 1.165) is 32.1 Å². The van der Waals surface area contributed by atoms with Crippen molar-refractivity contribution in [1.29, 1.82) is 0 Å². The molecule has 0 aromatic heterocycles. The third kappa shape index (κ3) is 6.89. The van der Waals surface area contributed by atoms with E-state index >= 15 is 0 Å². The summed E-state index contributed by atoms with van der Waals surface area (Å²) in [7, 11) is 0. The Morgan fingerprint density at radius 1 is 1.14 bits per heavy atom. The van der Waals surface area contributed by atoms with Crippen LogP contribution in [-0.4, -0.2) is 59.6 Å². The SMILES string of the molecule is CCC/C=C/CCCCCO[C@H]1[C@H](O)[C@@H](O)CO[C@@H]1CO. The van der Waals surface area contributed by atoms with Gasteiger partial charge in [0.15, 0.2) is 0 Å². The first-order valence-electron chi connectivity index (χ1n) is 8.05. The molecule has 0 saturated carbocycles. The molecule has 0 aromatic rings. The maximum absolute atomic E-state index is 9.89. The molecule has 0 bridgehead atoms. The molecule has 124 valence electrons. The molecule has 4 atom stereocenters. The second kappa shape index (κ2) is 11.2.